The molecule has 0 radical (unpaired) electrons. The number of fused-ring (bicyclic) bond motifs is 1. The highest BCUT2D eigenvalue weighted by molar-refractivity contribution is 7.20. The van der Waals surface area contributed by atoms with Crippen LogP contribution < -0.4 is 10.6 Å². The highest BCUT2D eigenvalue weighted by Crippen LogP contribution is 2.28. The number of hydrogen-bond acceptors (Lipinski definition) is 5. The molecule has 3 aromatic heterocycles. The fraction of sp³-hybridized carbons (Fsp3) is 0.111. The summed E-state index contributed by atoms with van der Waals surface area (Å²) in [5.74, 6) is -0.0853. The number of carbonyl (C=O) groups excluding carboxylic acids is 1. The molecule has 8 heteroatoms. The van der Waals surface area contributed by atoms with Gasteiger partial charge < -0.3 is 15.2 Å². The Morgan fingerprint density at radius 1 is 1.00 bits per heavy atom. The number of rotatable bonds is 8. The van der Waals surface area contributed by atoms with E-state index in [-0.39, 0.29) is 5.91 Å². The highest BCUT2D eigenvalue weighted by atomic mass is 32.1. The van der Waals surface area contributed by atoms with Gasteiger partial charge in [0.2, 0.25) is 0 Å². The molecule has 5 aromatic rings. The van der Waals surface area contributed by atoms with E-state index in [4.69, 9.17) is 6.57 Å². The second-order valence-corrected chi connectivity index (χ2v) is 9.14. The molecule has 35 heavy (non-hydrogen) atoms. The molecule has 2 aromatic carbocycles. The van der Waals surface area contributed by atoms with Gasteiger partial charge in [-0.3, -0.25) is 9.78 Å². The predicted octanol–water partition coefficient (Wildman–Crippen LogP) is 5.63. The zero-order valence-electron chi connectivity index (χ0n) is 18.8. The standard InChI is InChI=1S/C27H22N6OS/c1-28-22-6-4-19(5-7-22)17-33-18-30-15-24(33)16-31-23-8-9-25-21(11-23)12-26(35-25)27(34)32-14-20-3-2-10-29-13-20/h2-13,15,18,31H,14,16-17H2,(H,32,34). The van der Waals surface area contributed by atoms with Crippen molar-refractivity contribution >= 4 is 38.7 Å². The molecule has 7 nitrogen and oxygen atoms in total. The monoisotopic (exact) mass is 478 g/mol. The molecule has 0 fully saturated rings. The van der Waals surface area contributed by atoms with Crippen molar-refractivity contribution < 1.29 is 4.79 Å². The smallest absolute Gasteiger partial charge is 0.261 e. The van der Waals surface area contributed by atoms with Gasteiger partial charge in [0.15, 0.2) is 5.69 Å². The van der Waals surface area contributed by atoms with Gasteiger partial charge in [-0.25, -0.2) is 9.83 Å². The van der Waals surface area contributed by atoms with E-state index in [1.165, 1.54) is 11.3 Å². The van der Waals surface area contributed by atoms with E-state index in [0.717, 1.165) is 32.6 Å². The van der Waals surface area contributed by atoms with Gasteiger partial charge in [-0.1, -0.05) is 30.3 Å². The van der Waals surface area contributed by atoms with Crippen molar-refractivity contribution in [3.05, 3.63) is 119 Å². The topological polar surface area (TPSA) is 76.2 Å². The lowest BCUT2D eigenvalue weighted by Gasteiger charge is -2.10. The zero-order valence-corrected chi connectivity index (χ0v) is 19.6. The summed E-state index contributed by atoms with van der Waals surface area (Å²) in [5.41, 5.74) is 4.75. The summed E-state index contributed by atoms with van der Waals surface area (Å²) in [6.45, 7) is 8.84. The van der Waals surface area contributed by atoms with E-state index in [1.54, 1.807) is 12.4 Å². The van der Waals surface area contributed by atoms with E-state index in [2.05, 4.69) is 36.1 Å². The number of thiophene rings is 1. The van der Waals surface area contributed by atoms with Crippen molar-refractivity contribution in [1.29, 1.82) is 0 Å². The van der Waals surface area contributed by atoms with E-state index < -0.39 is 0 Å². The minimum absolute atomic E-state index is 0.0853. The summed E-state index contributed by atoms with van der Waals surface area (Å²) in [7, 11) is 0. The molecular formula is C27H22N6OS. The zero-order chi connectivity index (χ0) is 24.0. The van der Waals surface area contributed by atoms with Crippen LogP contribution in [0.3, 0.4) is 0 Å². The van der Waals surface area contributed by atoms with Gasteiger partial charge in [0, 0.05) is 42.1 Å². The quantitative estimate of drug-likeness (QED) is 0.283. The normalized spacial score (nSPS) is 10.7. The number of pyridine rings is 1. The van der Waals surface area contributed by atoms with Crippen LogP contribution in [0.4, 0.5) is 11.4 Å². The van der Waals surface area contributed by atoms with Crippen LogP contribution in [0.1, 0.15) is 26.5 Å². The molecule has 0 aliphatic rings. The third-order valence-electron chi connectivity index (χ3n) is 5.61. The molecule has 0 spiro atoms. The average Bonchev–Trinajstić information content (AvgIpc) is 3.53. The Kier molecular flexibility index (Phi) is 6.50. The molecule has 2 N–H and O–H groups in total. The van der Waals surface area contributed by atoms with Crippen molar-refractivity contribution in [2.24, 2.45) is 0 Å². The fourth-order valence-corrected chi connectivity index (χ4v) is 4.70. The number of imidazole rings is 1. The predicted molar refractivity (Wildman–Crippen MR) is 139 cm³/mol. The van der Waals surface area contributed by atoms with Crippen molar-refractivity contribution in [2.75, 3.05) is 5.32 Å². The van der Waals surface area contributed by atoms with Crippen LogP contribution in [0.25, 0.3) is 14.9 Å². The number of hydrogen-bond donors (Lipinski definition) is 2. The summed E-state index contributed by atoms with van der Waals surface area (Å²) in [6.07, 6.45) is 7.14. The fourth-order valence-electron chi connectivity index (χ4n) is 3.74. The maximum Gasteiger partial charge on any atom is 0.261 e. The lowest BCUT2D eigenvalue weighted by molar-refractivity contribution is 0.0955. The van der Waals surface area contributed by atoms with E-state index >= 15 is 0 Å². The molecule has 0 atom stereocenters. The van der Waals surface area contributed by atoms with Gasteiger partial charge in [-0.05, 0) is 46.8 Å². The molecule has 5 rings (SSSR count). The van der Waals surface area contributed by atoms with Crippen LogP contribution in [0.2, 0.25) is 0 Å². The van der Waals surface area contributed by atoms with Crippen LogP contribution in [0, 0.1) is 6.57 Å². The first-order valence-corrected chi connectivity index (χ1v) is 11.9. The average molecular weight is 479 g/mol. The number of nitrogens with zero attached hydrogens (tertiary/aromatic N) is 4. The summed E-state index contributed by atoms with van der Waals surface area (Å²) >= 11 is 1.48. The summed E-state index contributed by atoms with van der Waals surface area (Å²) in [5, 5.41) is 7.45. The van der Waals surface area contributed by atoms with Crippen LogP contribution in [0.15, 0.2) is 85.6 Å². The Morgan fingerprint density at radius 2 is 1.89 bits per heavy atom. The molecule has 0 saturated carbocycles. The SMILES string of the molecule is [C-]#[N+]c1ccc(Cn2cncc2CNc2ccc3sc(C(=O)NCc4cccnc4)cc3c2)cc1. The number of amides is 1. The Labute approximate surface area is 206 Å². The molecular weight excluding hydrogens is 456 g/mol. The van der Waals surface area contributed by atoms with Gasteiger partial charge in [-0.15, -0.1) is 11.3 Å². The summed E-state index contributed by atoms with van der Waals surface area (Å²) in [4.78, 5) is 25.1. The summed E-state index contributed by atoms with van der Waals surface area (Å²) in [6, 6.07) is 19.5. The lowest BCUT2D eigenvalue weighted by Crippen LogP contribution is -2.21. The second-order valence-electron chi connectivity index (χ2n) is 8.05. The maximum atomic E-state index is 12.6. The molecule has 172 valence electrons. The Morgan fingerprint density at radius 3 is 2.69 bits per heavy atom. The number of anilines is 1. The Balaban J connectivity index is 1.22. The first-order valence-electron chi connectivity index (χ1n) is 11.1. The van der Waals surface area contributed by atoms with Crippen LogP contribution in [-0.4, -0.2) is 20.4 Å². The molecule has 3 heterocycles. The largest absolute Gasteiger partial charge is 0.379 e. The van der Waals surface area contributed by atoms with Crippen LogP contribution in [0.5, 0.6) is 0 Å². The molecule has 0 unspecified atom stereocenters. The van der Waals surface area contributed by atoms with E-state index in [0.29, 0.717) is 30.2 Å². The van der Waals surface area contributed by atoms with Gasteiger partial charge >= 0.3 is 0 Å². The summed E-state index contributed by atoms with van der Waals surface area (Å²) < 4.78 is 3.16. The number of benzene rings is 2. The van der Waals surface area contributed by atoms with Crippen LogP contribution >= 0.6 is 11.3 Å². The van der Waals surface area contributed by atoms with Crippen molar-refractivity contribution in [3.63, 3.8) is 0 Å². The van der Waals surface area contributed by atoms with Crippen molar-refractivity contribution in [1.82, 2.24) is 19.9 Å². The first kappa shape index (κ1) is 22.3. The molecule has 1 amide bonds. The van der Waals surface area contributed by atoms with E-state index in [9.17, 15) is 4.79 Å². The number of aromatic nitrogens is 3. The van der Waals surface area contributed by atoms with E-state index in [1.807, 2.05) is 67.1 Å². The van der Waals surface area contributed by atoms with Crippen molar-refractivity contribution in [3.8, 4) is 0 Å². The molecule has 0 aliphatic carbocycles. The Hall–Kier alpha value is -4.48. The van der Waals surface area contributed by atoms with Gasteiger partial charge in [0.1, 0.15) is 0 Å². The molecule has 0 bridgehead atoms. The third kappa shape index (κ3) is 5.37. The third-order valence-corrected chi connectivity index (χ3v) is 6.72. The lowest BCUT2D eigenvalue weighted by atomic mass is 10.2. The number of carbonyl (C=O) groups is 1. The first-order chi connectivity index (χ1) is 17.2. The van der Waals surface area contributed by atoms with Crippen molar-refractivity contribution in [2.45, 2.75) is 19.6 Å². The second kappa shape index (κ2) is 10.2. The molecule has 0 aliphatic heterocycles. The minimum atomic E-state index is -0.0853. The van der Waals surface area contributed by atoms with Gasteiger partial charge in [-0.2, -0.15) is 0 Å². The Bertz CT molecular complexity index is 1500. The van der Waals surface area contributed by atoms with Crippen LogP contribution in [-0.2, 0) is 19.6 Å². The highest BCUT2D eigenvalue weighted by Gasteiger charge is 2.11. The van der Waals surface area contributed by atoms with Gasteiger partial charge in [0.05, 0.1) is 30.0 Å². The number of nitrogens with one attached hydrogen (secondary N) is 2. The maximum absolute atomic E-state index is 12.6. The van der Waals surface area contributed by atoms with Gasteiger partial charge in [0.25, 0.3) is 5.91 Å². The molecule has 0 saturated heterocycles. The minimum Gasteiger partial charge on any atom is -0.379 e.